The molecular formula is C17H22ClNO2. The van der Waals surface area contributed by atoms with Crippen molar-refractivity contribution in [2.45, 2.75) is 26.2 Å². The number of hydrogen-bond donors (Lipinski definition) is 0. The Morgan fingerprint density at radius 1 is 1.33 bits per heavy atom. The van der Waals surface area contributed by atoms with Crippen molar-refractivity contribution < 1.29 is 9.53 Å². The summed E-state index contributed by atoms with van der Waals surface area (Å²) in [6.45, 7) is 5.24. The second-order valence-electron chi connectivity index (χ2n) is 5.20. The number of nitrogens with zero attached hydrogens (tertiary/aromatic N) is 1. The van der Waals surface area contributed by atoms with E-state index in [9.17, 15) is 4.79 Å². The summed E-state index contributed by atoms with van der Waals surface area (Å²) in [4.78, 5) is 13.7. The molecule has 0 unspecified atom stereocenters. The van der Waals surface area contributed by atoms with Gasteiger partial charge in [-0.05, 0) is 49.6 Å². The Labute approximate surface area is 131 Å². The summed E-state index contributed by atoms with van der Waals surface area (Å²) < 4.78 is 4.94. The maximum absolute atomic E-state index is 11.3. The van der Waals surface area contributed by atoms with Crippen LogP contribution in [-0.2, 0) is 9.53 Å². The summed E-state index contributed by atoms with van der Waals surface area (Å²) >= 11 is 5.91. The van der Waals surface area contributed by atoms with Crippen LogP contribution in [-0.4, -0.2) is 37.1 Å². The van der Waals surface area contributed by atoms with E-state index in [2.05, 4.69) is 23.1 Å². The van der Waals surface area contributed by atoms with E-state index in [1.807, 2.05) is 19.1 Å². The van der Waals surface area contributed by atoms with Crippen LogP contribution in [0.25, 0.3) is 5.57 Å². The Morgan fingerprint density at radius 2 is 2.10 bits per heavy atom. The van der Waals surface area contributed by atoms with Gasteiger partial charge in [0.1, 0.15) is 0 Å². The second kappa shape index (κ2) is 8.20. The third-order valence-corrected chi connectivity index (χ3v) is 3.92. The number of rotatable bonds is 6. The maximum Gasteiger partial charge on any atom is 0.305 e. The molecule has 1 aliphatic heterocycles. The summed E-state index contributed by atoms with van der Waals surface area (Å²) in [7, 11) is 0. The highest BCUT2D eigenvalue weighted by Gasteiger charge is 2.13. The van der Waals surface area contributed by atoms with Gasteiger partial charge in [-0.3, -0.25) is 9.69 Å². The van der Waals surface area contributed by atoms with Crippen LogP contribution >= 0.6 is 11.6 Å². The quantitative estimate of drug-likeness (QED) is 0.749. The molecule has 0 N–H and O–H groups in total. The number of esters is 1. The van der Waals surface area contributed by atoms with Gasteiger partial charge in [-0.15, -0.1) is 0 Å². The van der Waals surface area contributed by atoms with E-state index < -0.39 is 0 Å². The van der Waals surface area contributed by atoms with Crippen molar-refractivity contribution in [2.75, 3.05) is 26.2 Å². The molecule has 1 heterocycles. The molecule has 1 aliphatic rings. The molecule has 3 nitrogen and oxygen atoms in total. The molecule has 0 saturated heterocycles. The van der Waals surface area contributed by atoms with Gasteiger partial charge in [0.2, 0.25) is 0 Å². The molecule has 0 saturated carbocycles. The van der Waals surface area contributed by atoms with Gasteiger partial charge in [0.15, 0.2) is 0 Å². The number of halogens is 1. The molecule has 21 heavy (non-hydrogen) atoms. The summed E-state index contributed by atoms with van der Waals surface area (Å²) in [5.41, 5.74) is 2.64. The lowest BCUT2D eigenvalue weighted by molar-refractivity contribution is -0.143. The molecule has 0 bridgehead atoms. The van der Waals surface area contributed by atoms with Crippen molar-refractivity contribution in [3.63, 3.8) is 0 Å². The Balaban J connectivity index is 1.76. The van der Waals surface area contributed by atoms with Crippen molar-refractivity contribution in [1.82, 2.24) is 4.90 Å². The van der Waals surface area contributed by atoms with Gasteiger partial charge in [-0.1, -0.05) is 29.8 Å². The van der Waals surface area contributed by atoms with Crippen LogP contribution < -0.4 is 0 Å². The fraction of sp³-hybridized carbons (Fsp3) is 0.471. The minimum atomic E-state index is -0.0908. The third kappa shape index (κ3) is 5.18. The molecule has 114 valence electrons. The first-order valence-corrected chi connectivity index (χ1v) is 7.90. The summed E-state index contributed by atoms with van der Waals surface area (Å²) in [6.07, 6.45) is 4.69. The van der Waals surface area contributed by atoms with Gasteiger partial charge in [0, 0.05) is 24.5 Å². The average molecular weight is 308 g/mol. The van der Waals surface area contributed by atoms with Crippen LogP contribution in [0.4, 0.5) is 0 Å². The van der Waals surface area contributed by atoms with Crippen LogP contribution in [0.3, 0.4) is 0 Å². The fourth-order valence-electron chi connectivity index (χ4n) is 2.52. The Kier molecular flexibility index (Phi) is 6.27. The number of ether oxygens (including phenoxy) is 1. The van der Waals surface area contributed by atoms with Crippen molar-refractivity contribution in [2.24, 2.45) is 0 Å². The van der Waals surface area contributed by atoms with E-state index in [1.54, 1.807) is 0 Å². The molecule has 4 heteroatoms. The first kappa shape index (κ1) is 16.1. The molecule has 0 radical (unpaired) electrons. The van der Waals surface area contributed by atoms with Crippen molar-refractivity contribution in [1.29, 1.82) is 0 Å². The molecular weight excluding hydrogens is 286 g/mol. The summed E-state index contributed by atoms with van der Waals surface area (Å²) in [5.74, 6) is -0.0908. The lowest BCUT2D eigenvalue weighted by Gasteiger charge is -2.26. The van der Waals surface area contributed by atoms with E-state index in [-0.39, 0.29) is 5.97 Å². The monoisotopic (exact) mass is 307 g/mol. The lowest BCUT2D eigenvalue weighted by atomic mass is 9.99. The molecule has 0 amide bonds. The zero-order chi connectivity index (χ0) is 15.1. The van der Waals surface area contributed by atoms with E-state index in [4.69, 9.17) is 16.3 Å². The van der Waals surface area contributed by atoms with Crippen LogP contribution in [0.2, 0.25) is 5.02 Å². The number of carbonyl (C=O) groups is 1. The predicted molar refractivity (Wildman–Crippen MR) is 86.4 cm³/mol. The van der Waals surface area contributed by atoms with Gasteiger partial charge >= 0.3 is 5.97 Å². The number of hydrogen-bond acceptors (Lipinski definition) is 3. The molecule has 0 aliphatic carbocycles. The first-order chi connectivity index (χ1) is 10.2. The minimum Gasteiger partial charge on any atom is -0.466 e. The Hall–Kier alpha value is -1.32. The second-order valence-corrected chi connectivity index (χ2v) is 5.63. The standard InChI is InChI=1S/C17H22ClNO2/c1-2-21-17(20)4-3-11-19-12-9-15(10-13-19)14-5-7-16(18)8-6-14/h5-9H,2-4,10-13H2,1H3. The molecule has 0 atom stereocenters. The van der Waals surface area contributed by atoms with Gasteiger partial charge in [0.05, 0.1) is 6.61 Å². The molecule has 0 spiro atoms. The van der Waals surface area contributed by atoms with E-state index >= 15 is 0 Å². The SMILES string of the molecule is CCOC(=O)CCCN1CC=C(c2ccc(Cl)cc2)CC1. The van der Waals surface area contributed by atoms with Crippen LogP contribution in [0.1, 0.15) is 31.7 Å². The smallest absolute Gasteiger partial charge is 0.305 e. The van der Waals surface area contributed by atoms with E-state index in [0.29, 0.717) is 13.0 Å². The Bertz CT molecular complexity index is 496. The largest absolute Gasteiger partial charge is 0.466 e. The normalized spacial score (nSPS) is 15.6. The minimum absolute atomic E-state index is 0.0908. The number of carbonyl (C=O) groups excluding carboxylic acids is 1. The molecule has 0 aromatic heterocycles. The van der Waals surface area contributed by atoms with Gasteiger partial charge < -0.3 is 4.74 Å². The van der Waals surface area contributed by atoms with Gasteiger partial charge in [-0.25, -0.2) is 0 Å². The van der Waals surface area contributed by atoms with Gasteiger partial charge in [-0.2, -0.15) is 0 Å². The average Bonchev–Trinajstić information content (AvgIpc) is 2.49. The lowest BCUT2D eigenvalue weighted by Crippen LogP contribution is -2.29. The fourth-order valence-corrected chi connectivity index (χ4v) is 2.65. The molecule has 0 fully saturated rings. The highest BCUT2D eigenvalue weighted by molar-refractivity contribution is 6.30. The van der Waals surface area contributed by atoms with Crippen LogP contribution in [0.5, 0.6) is 0 Å². The molecule has 1 aromatic rings. The zero-order valence-electron chi connectivity index (χ0n) is 12.5. The number of benzene rings is 1. The van der Waals surface area contributed by atoms with Crippen LogP contribution in [0.15, 0.2) is 30.3 Å². The summed E-state index contributed by atoms with van der Waals surface area (Å²) in [5, 5.41) is 0.774. The topological polar surface area (TPSA) is 29.5 Å². The van der Waals surface area contributed by atoms with Crippen molar-refractivity contribution in [3.05, 3.63) is 40.9 Å². The highest BCUT2D eigenvalue weighted by atomic mass is 35.5. The van der Waals surface area contributed by atoms with Crippen LogP contribution in [0, 0.1) is 0 Å². The van der Waals surface area contributed by atoms with E-state index in [0.717, 1.165) is 37.5 Å². The maximum atomic E-state index is 11.3. The van der Waals surface area contributed by atoms with Gasteiger partial charge in [0.25, 0.3) is 0 Å². The Morgan fingerprint density at radius 3 is 2.71 bits per heavy atom. The summed E-state index contributed by atoms with van der Waals surface area (Å²) in [6, 6.07) is 8.02. The predicted octanol–water partition coefficient (Wildman–Crippen LogP) is 3.77. The van der Waals surface area contributed by atoms with E-state index in [1.165, 1.54) is 11.1 Å². The first-order valence-electron chi connectivity index (χ1n) is 7.52. The highest BCUT2D eigenvalue weighted by Crippen LogP contribution is 2.23. The molecule has 1 aromatic carbocycles. The van der Waals surface area contributed by atoms with Crippen molar-refractivity contribution in [3.8, 4) is 0 Å². The van der Waals surface area contributed by atoms with Crippen molar-refractivity contribution >= 4 is 23.1 Å². The third-order valence-electron chi connectivity index (χ3n) is 3.67. The zero-order valence-corrected chi connectivity index (χ0v) is 13.2. The molecule has 2 rings (SSSR count).